The van der Waals surface area contributed by atoms with Crippen LogP contribution >= 0.6 is 0 Å². The van der Waals surface area contributed by atoms with Crippen LogP contribution in [0.2, 0.25) is 0 Å². The summed E-state index contributed by atoms with van der Waals surface area (Å²) in [4.78, 5) is 2.39. The van der Waals surface area contributed by atoms with E-state index in [9.17, 15) is 0 Å². The molecule has 2 aliphatic rings. The smallest absolute Gasteiger partial charge is 0.244 e. The van der Waals surface area contributed by atoms with Crippen molar-refractivity contribution in [1.29, 1.82) is 0 Å². The predicted octanol–water partition coefficient (Wildman–Crippen LogP) is 1.35. The van der Waals surface area contributed by atoms with E-state index in [2.05, 4.69) is 22.3 Å². The van der Waals surface area contributed by atoms with E-state index in [0.29, 0.717) is 0 Å². The van der Waals surface area contributed by atoms with Crippen LogP contribution in [0.3, 0.4) is 0 Å². The van der Waals surface area contributed by atoms with Gasteiger partial charge in [-0.3, -0.25) is 4.90 Å². The molecule has 0 aromatic heterocycles. The van der Waals surface area contributed by atoms with Crippen LogP contribution in [0.25, 0.3) is 0 Å². The lowest BCUT2D eigenvalue weighted by Crippen LogP contribution is -2.44. The van der Waals surface area contributed by atoms with Crippen molar-refractivity contribution in [1.82, 2.24) is 10.2 Å². The molecule has 1 aromatic rings. The number of piperazine rings is 1. The van der Waals surface area contributed by atoms with Crippen LogP contribution in [0.1, 0.15) is 5.56 Å². The standard InChI is InChI=1S/C15H20N2O2/c1-2-4-13(5-3-1)10-15-18-12-14(19-15)11-17-8-6-16-7-9-17/h1-5,12,15-16H,6-11H2. The zero-order valence-corrected chi connectivity index (χ0v) is 11.0. The summed E-state index contributed by atoms with van der Waals surface area (Å²) in [7, 11) is 0. The predicted molar refractivity (Wildman–Crippen MR) is 73.5 cm³/mol. The Bertz CT molecular complexity index is 427. The first-order chi connectivity index (χ1) is 9.40. The van der Waals surface area contributed by atoms with Crippen molar-refractivity contribution in [3.8, 4) is 0 Å². The molecule has 2 aliphatic heterocycles. The molecule has 4 heteroatoms. The minimum absolute atomic E-state index is 0.166. The molecule has 0 aliphatic carbocycles. The second-order valence-electron chi connectivity index (χ2n) is 4.98. The van der Waals surface area contributed by atoms with Gasteiger partial charge in [0.05, 0.1) is 6.54 Å². The molecule has 102 valence electrons. The van der Waals surface area contributed by atoms with Gasteiger partial charge in [0.15, 0.2) is 0 Å². The van der Waals surface area contributed by atoms with Crippen LogP contribution in [-0.2, 0) is 15.9 Å². The van der Waals surface area contributed by atoms with Crippen molar-refractivity contribution >= 4 is 0 Å². The topological polar surface area (TPSA) is 33.7 Å². The Morgan fingerprint density at radius 1 is 1.16 bits per heavy atom. The van der Waals surface area contributed by atoms with Crippen LogP contribution in [0, 0.1) is 0 Å². The quantitative estimate of drug-likeness (QED) is 0.886. The maximum absolute atomic E-state index is 5.84. The minimum atomic E-state index is -0.166. The Labute approximate surface area is 114 Å². The largest absolute Gasteiger partial charge is 0.459 e. The van der Waals surface area contributed by atoms with E-state index >= 15 is 0 Å². The molecule has 1 aromatic carbocycles. The highest BCUT2D eigenvalue weighted by atomic mass is 16.7. The first-order valence-corrected chi connectivity index (χ1v) is 6.88. The molecule has 2 heterocycles. The van der Waals surface area contributed by atoms with Crippen LogP contribution < -0.4 is 5.32 Å². The molecule has 3 rings (SSSR count). The van der Waals surface area contributed by atoms with E-state index in [4.69, 9.17) is 9.47 Å². The average Bonchev–Trinajstić information content (AvgIpc) is 2.88. The highest BCUT2D eigenvalue weighted by Gasteiger charge is 2.22. The van der Waals surface area contributed by atoms with Crippen LogP contribution in [0.5, 0.6) is 0 Å². The maximum atomic E-state index is 5.84. The molecular formula is C15H20N2O2. The van der Waals surface area contributed by atoms with Crippen molar-refractivity contribution < 1.29 is 9.47 Å². The monoisotopic (exact) mass is 260 g/mol. The lowest BCUT2D eigenvalue weighted by atomic mass is 10.1. The van der Waals surface area contributed by atoms with Gasteiger partial charge in [-0.05, 0) is 5.56 Å². The third-order valence-corrected chi connectivity index (χ3v) is 3.47. The van der Waals surface area contributed by atoms with Crippen molar-refractivity contribution in [2.75, 3.05) is 32.7 Å². The van der Waals surface area contributed by atoms with Gasteiger partial charge in [0.2, 0.25) is 6.29 Å². The third kappa shape index (κ3) is 3.49. The molecule has 1 saturated heterocycles. The second-order valence-corrected chi connectivity index (χ2v) is 4.98. The van der Waals surface area contributed by atoms with Crippen molar-refractivity contribution in [3.05, 3.63) is 47.9 Å². The summed E-state index contributed by atoms with van der Waals surface area (Å²) >= 11 is 0. The zero-order chi connectivity index (χ0) is 12.9. The molecule has 0 amide bonds. The fourth-order valence-corrected chi connectivity index (χ4v) is 2.44. The maximum Gasteiger partial charge on any atom is 0.244 e. The molecule has 1 atom stereocenters. The van der Waals surface area contributed by atoms with E-state index in [1.165, 1.54) is 5.56 Å². The van der Waals surface area contributed by atoms with Gasteiger partial charge < -0.3 is 14.8 Å². The number of hydrogen-bond donors (Lipinski definition) is 1. The summed E-state index contributed by atoms with van der Waals surface area (Å²) in [5.41, 5.74) is 1.24. The molecule has 1 N–H and O–H groups in total. The van der Waals surface area contributed by atoms with Gasteiger partial charge in [0.1, 0.15) is 12.0 Å². The van der Waals surface area contributed by atoms with E-state index in [1.807, 2.05) is 18.2 Å². The first kappa shape index (κ1) is 12.5. The molecule has 4 nitrogen and oxygen atoms in total. The summed E-state index contributed by atoms with van der Waals surface area (Å²) in [6, 6.07) is 10.3. The van der Waals surface area contributed by atoms with Crippen molar-refractivity contribution in [2.45, 2.75) is 12.7 Å². The number of benzene rings is 1. The van der Waals surface area contributed by atoms with Crippen molar-refractivity contribution in [3.63, 3.8) is 0 Å². The Kier molecular flexibility index (Phi) is 4.01. The van der Waals surface area contributed by atoms with Gasteiger partial charge in [-0.15, -0.1) is 0 Å². The lowest BCUT2D eigenvalue weighted by molar-refractivity contribution is -0.0338. The minimum Gasteiger partial charge on any atom is -0.459 e. The Morgan fingerprint density at radius 2 is 1.95 bits per heavy atom. The molecule has 0 spiro atoms. The zero-order valence-electron chi connectivity index (χ0n) is 11.0. The molecule has 1 unspecified atom stereocenters. The molecule has 1 fully saturated rings. The lowest BCUT2D eigenvalue weighted by Gasteiger charge is -2.26. The molecule has 0 radical (unpaired) electrons. The number of nitrogens with zero attached hydrogens (tertiary/aromatic N) is 1. The van der Waals surface area contributed by atoms with E-state index < -0.39 is 0 Å². The normalized spacial score (nSPS) is 23.6. The summed E-state index contributed by atoms with van der Waals surface area (Å²) in [5.74, 6) is 0.947. The van der Waals surface area contributed by atoms with Gasteiger partial charge in [-0.1, -0.05) is 30.3 Å². The fraction of sp³-hybridized carbons (Fsp3) is 0.467. The van der Waals surface area contributed by atoms with Crippen molar-refractivity contribution in [2.24, 2.45) is 0 Å². The van der Waals surface area contributed by atoms with Gasteiger partial charge in [-0.25, -0.2) is 0 Å². The van der Waals surface area contributed by atoms with Gasteiger partial charge in [0, 0.05) is 32.6 Å². The number of ether oxygens (including phenoxy) is 2. The third-order valence-electron chi connectivity index (χ3n) is 3.47. The second kappa shape index (κ2) is 6.08. The highest BCUT2D eigenvalue weighted by Crippen LogP contribution is 2.19. The molecule has 0 bridgehead atoms. The van der Waals surface area contributed by atoms with E-state index in [-0.39, 0.29) is 6.29 Å². The summed E-state index contributed by atoms with van der Waals surface area (Å²) in [6.07, 6.45) is 2.40. The average molecular weight is 260 g/mol. The van der Waals surface area contributed by atoms with E-state index in [1.54, 1.807) is 6.26 Å². The SMILES string of the molecule is C1=C(CN2CCNCC2)OC(Cc2ccccc2)O1. The Balaban J connectivity index is 1.46. The molecular weight excluding hydrogens is 240 g/mol. The van der Waals surface area contributed by atoms with Gasteiger partial charge >= 0.3 is 0 Å². The fourth-order valence-electron chi connectivity index (χ4n) is 2.44. The highest BCUT2D eigenvalue weighted by molar-refractivity contribution is 5.15. The van der Waals surface area contributed by atoms with E-state index in [0.717, 1.165) is 44.9 Å². The van der Waals surface area contributed by atoms with Gasteiger partial charge in [0.25, 0.3) is 0 Å². The van der Waals surface area contributed by atoms with Crippen LogP contribution in [0.4, 0.5) is 0 Å². The Morgan fingerprint density at radius 3 is 2.74 bits per heavy atom. The van der Waals surface area contributed by atoms with Crippen LogP contribution in [0.15, 0.2) is 42.4 Å². The summed E-state index contributed by atoms with van der Waals surface area (Å²) in [6.45, 7) is 5.12. The van der Waals surface area contributed by atoms with Crippen LogP contribution in [-0.4, -0.2) is 43.9 Å². The molecule has 0 saturated carbocycles. The number of hydrogen-bond acceptors (Lipinski definition) is 4. The number of nitrogens with one attached hydrogen (secondary N) is 1. The summed E-state index contributed by atoms with van der Waals surface area (Å²) in [5, 5.41) is 3.35. The first-order valence-electron chi connectivity index (χ1n) is 6.88. The molecule has 19 heavy (non-hydrogen) atoms. The Hall–Kier alpha value is -1.52. The van der Waals surface area contributed by atoms with Gasteiger partial charge in [-0.2, -0.15) is 0 Å². The summed E-state index contributed by atoms with van der Waals surface area (Å²) < 4.78 is 11.4. The number of rotatable bonds is 4.